The lowest BCUT2D eigenvalue weighted by Crippen LogP contribution is -2.46. The molecule has 2 aliphatic rings. The van der Waals surface area contributed by atoms with E-state index in [1.54, 1.807) is 18.2 Å². The maximum Gasteiger partial charge on any atom is 0.343 e. The van der Waals surface area contributed by atoms with Crippen LogP contribution in [0.2, 0.25) is 0 Å². The third kappa shape index (κ3) is 3.36. The molecule has 2 aliphatic heterocycles. The lowest BCUT2D eigenvalue weighted by Gasteiger charge is -2.48. The molecule has 5 rings (SSSR count). The molecule has 1 aromatic heterocycles. The molecule has 0 unspecified atom stereocenters. The van der Waals surface area contributed by atoms with Crippen molar-refractivity contribution in [3.05, 3.63) is 63.0 Å². The molecule has 0 radical (unpaired) electrons. The number of rotatable bonds is 2. The molecule has 0 atom stereocenters. The molecule has 3 heterocycles. The third-order valence-electron chi connectivity index (χ3n) is 6.84. The van der Waals surface area contributed by atoms with Crippen LogP contribution >= 0.6 is 0 Å². The Morgan fingerprint density at radius 3 is 2.56 bits per heavy atom. The Kier molecular flexibility index (Phi) is 4.45. The summed E-state index contributed by atoms with van der Waals surface area (Å²) in [5.74, 6) is -0.372. The molecular formula is C27H29NO4. The van der Waals surface area contributed by atoms with Gasteiger partial charge in [-0.25, -0.2) is 4.79 Å². The molecule has 166 valence electrons. The highest BCUT2D eigenvalue weighted by Gasteiger charge is 2.41. The first kappa shape index (κ1) is 20.7. The summed E-state index contributed by atoms with van der Waals surface area (Å²) in [5, 5.41) is 20.2. The van der Waals surface area contributed by atoms with Gasteiger partial charge < -0.3 is 19.5 Å². The van der Waals surface area contributed by atoms with Crippen molar-refractivity contribution in [2.45, 2.75) is 46.0 Å². The zero-order chi connectivity index (χ0) is 22.8. The van der Waals surface area contributed by atoms with Gasteiger partial charge >= 0.3 is 5.63 Å². The van der Waals surface area contributed by atoms with Crippen LogP contribution in [0.15, 0.2) is 39.5 Å². The topological polar surface area (TPSA) is 73.9 Å². The summed E-state index contributed by atoms with van der Waals surface area (Å²) in [6, 6.07) is 8.65. The number of hydrogen-bond acceptors (Lipinski definition) is 5. The van der Waals surface area contributed by atoms with Gasteiger partial charge in [0, 0.05) is 29.7 Å². The van der Waals surface area contributed by atoms with Crippen LogP contribution in [0.1, 0.15) is 56.4 Å². The van der Waals surface area contributed by atoms with E-state index in [-0.39, 0.29) is 28.0 Å². The van der Waals surface area contributed by atoms with Crippen molar-refractivity contribution in [2.24, 2.45) is 5.41 Å². The monoisotopic (exact) mass is 431 g/mol. The van der Waals surface area contributed by atoms with Gasteiger partial charge in [0.25, 0.3) is 0 Å². The van der Waals surface area contributed by atoms with Crippen LogP contribution < -0.4 is 10.5 Å². The van der Waals surface area contributed by atoms with E-state index in [0.29, 0.717) is 16.7 Å². The van der Waals surface area contributed by atoms with Crippen LogP contribution in [0.25, 0.3) is 23.1 Å². The van der Waals surface area contributed by atoms with Gasteiger partial charge in [-0.05, 0) is 65.1 Å². The number of aromatic hydroxyl groups is 2. The Morgan fingerprint density at radius 2 is 1.81 bits per heavy atom. The van der Waals surface area contributed by atoms with E-state index in [1.807, 2.05) is 6.07 Å². The van der Waals surface area contributed by atoms with Crippen LogP contribution in [-0.2, 0) is 11.8 Å². The molecule has 2 aromatic carbocycles. The minimum atomic E-state index is -0.378. The average Bonchev–Trinajstić information content (AvgIpc) is 2.70. The molecule has 0 saturated heterocycles. The Balaban J connectivity index is 1.68. The number of phenols is 2. The summed E-state index contributed by atoms with van der Waals surface area (Å²) < 4.78 is 5.96. The Morgan fingerprint density at radius 1 is 1.03 bits per heavy atom. The number of nitrogens with zero attached hydrogens (tertiary/aromatic N) is 1. The highest BCUT2D eigenvalue weighted by molar-refractivity contribution is 5.91. The van der Waals surface area contributed by atoms with E-state index in [0.717, 1.165) is 36.9 Å². The van der Waals surface area contributed by atoms with E-state index in [2.05, 4.69) is 38.7 Å². The average molecular weight is 432 g/mol. The predicted octanol–water partition coefficient (Wildman–Crippen LogP) is 5.44. The SMILES string of the molecule is CC1(C)Cc2cc3cc(/C=C/c4ccc(O)c(O)c4)c(=O)oc3c3c2N(CCC3(C)C)C1. The summed E-state index contributed by atoms with van der Waals surface area (Å²) in [4.78, 5) is 15.4. The lowest BCUT2D eigenvalue weighted by atomic mass is 9.71. The van der Waals surface area contributed by atoms with Crippen molar-refractivity contribution in [1.82, 2.24) is 0 Å². The van der Waals surface area contributed by atoms with Gasteiger partial charge in [0.05, 0.1) is 5.56 Å². The minimum Gasteiger partial charge on any atom is -0.504 e. The molecule has 3 aromatic rings. The molecule has 32 heavy (non-hydrogen) atoms. The minimum absolute atomic E-state index is 0.0710. The van der Waals surface area contributed by atoms with Crippen molar-refractivity contribution in [2.75, 3.05) is 18.0 Å². The summed E-state index contributed by atoms with van der Waals surface area (Å²) in [5.41, 5.74) is 5.32. The van der Waals surface area contributed by atoms with E-state index in [4.69, 9.17) is 4.42 Å². The molecule has 2 N–H and O–H groups in total. The third-order valence-corrected chi connectivity index (χ3v) is 6.84. The molecule has 5 nitrogen and oxygen atoms in total. The lowest BCUT2D eigenvalue weighted by molar-refractivity contribution is 0.327. The second-order valence-electron chi connectivity index (χ2n) is 10.6. The fourth-order valence-electron chi connectivity index (χ4n) is 5.30. The maximum absolute atomic E-state index is 12.9. The first-order valence-electron chi connectivity index (χ1n) is 11.1. The van der Waals surface area contributed by atoms with Crippen LogP contribution in [-0.4, -0.2) is 23.3 Å². The van der Waals surface area contributed by atoms with Crippen molar-refractivity contribution in [3.63, 3.8) is 0 Å². The van der Waals surface area contributed by atoms with Crippen LogP contribution in [0, 0.1) is 5.41 Å². The molecule has 0 aliphatic carbocycles. The first-order valence-corrected chi connectivity index (χ1v) is 11.1. The van der Waals surface area contributed by atoms with Gasteiger partial charge in [-0.15, -0.1) is 0 Å². The smallest absolute Gasteiger partial charge is 0.343 e. The van der Waals surface area contributed by atoms with Crippen molar-refractivity contribution >= 4 is 28.8 Å². The molecule has 0 bridgehead atoms. The summed E-state index contributed by atoms with van der Waals surface area (Å²) in [7, 11) is 0. The Hall–Kier alpha value is -3.21. The Labute approximate surface area is 187 Å². The standard InChI is InChI=1S/C27H29NO4/c1-26(2)14-19-13-18-12-17(7-5-16-6-8-20(29)21(30)11-16)25(31)32-24(18)22-23(19)28(15-26)10-9-27(22,3)4/h5-8,11-13,29-30H,9-10,14-15H2,1-4H3/b7-5+. The molecule has 0 spiro atoms. The summed E-state index contributed by atoms with van der Waals surface area (Å²) in [6.07, 6.45) is 5.44. The van der Waals surface area contributed by atoms with Crippen LogP contribution in [0.4, 0.5) is 5.69 Å². The zero-order valence-corrected chi connectivity index (χ0v) is 19.0. The van der Waals surface area contributed by atoms with Gasteiger partial charge in [0.1, 0.15) is 5.58 Å². The normalized spacial score (nSPS) is 18.8. The number of anilines is 1. The van der Waals surface area contributed by atoms with Crippen molar-refractivity contribution in [1.29, 1.82) is 0 Å². The highest BCUT2D eigenvalue weighted by atomic mass is 16.4. The molecule has 0 fully saturated rings. The Bertz CT molecular complexity index is 1330. The summed E-state index contributed by atoms with van der Waals surface area (Å²) >= 11 is 0. The molecular weight excluding hydrogens is 402 g/mol. The van der Waals surface area contributed by atoms with Crippen molar-refractivity contribution in [3.8, 4) is 11.5 Å². The van der Waals surface area contributed by atoms with Gasteiger partial charge in [-0.1, -0.05) is 39.8 Å². The fraction of sp³-hybridized carbons (Fsp3) is 0.370. The first-order chi connectivity index (χ1) is 15.0. The molecule has 0 saturated carbocycles. The number of hydrogen-bond donors (Lipinski definition) is 2. The highest BCUT2D eigenvalue weighted by Crippen LogP contribution is 2.49. The fourth-order valence-corrected chi connectivity index (χ4v) is 5.30. The van der Waals surface area contributed by atoms with Crippen LogP contribution in [0.3, 0.4) is 0 Å². The van der Waals surface area contributed by atoms with E-state index in [1.165, 1.54) is 23.4 Å². The van der Waals surface area contributed by atoms with Gasteiger partial charge in [0.2, 0.25) is 0 Å². The number of fused-ring (bicyclic) bond motifs is 2. The predicted molar refractivity (Wildman–Crippen MR) is 129 cm³/mol. The van der Waals surface area contributed by atoms with E-state index in [9.17, 15) is 15.0 Å². The van der Waals surface area contributed by atoms with E-state index < -0.39 is 0 Å². The number of phenolic OH excluding ortho intramolecular Hbond substituents is 2. The van der Waals surface area contributed by atoms with Gasteiger partial charge in [-0.2, -0.15) is 0 Å². The summed E-state index contributed by atoms with van der Waals surface area (Å²) in [6.45, 7) is 11.1. The van der Waals surface area contributed by atoms with Gasteiger partial charge in [-0.3, -0.25) is 0 Å². The zero-order valence-electron chi connectivity index (χ0n) is 19.0. The second kappa shape index (κ2) is 6.89. The maximum atomic E-state index is 12.9. The molecule has 0 amide bonds. The van der Waals surface area contributed by atoms with Crippen LogP contribution in [0.5, 0.6) is 11.5 Å². The number of benzene rings is 2. The quantitative estimate of drug-likeness (QED) is 0.417. The largest absolute Gasteiger partial charge is 0.504 e. The van der Waals surface area contributed by atoms with Crippen molar-refractivity contribution < 1.29 is 14.6 Å². The molecule has 5 heteroatoms. The van der Waals surface area contributed by atoms with Gasteiger partial charge in [0.15, 0.2) is 11.5 Å². The van der Waals surface area contributed by atoms with E-state index >= 15 is 0 Å². The second-order valence-corrected chi connectivity index (χ2v) is 10.6.